The predicted molar refractivity (Wildman–Crippen MR) is 80.3 cm³/mol. The smallest absolute Gasteiger partial charge is 0.232 e. The molecule has 1 aliphatic rings. The lowest BCUT2D eigenvalue weighted by molar-refractivity contribution is -0.0167. The first kappa shape index (κ1) is 15.5. The van der Waals surface area contributed by atoms with Crippen LogP contribution in [0, 0.1) is 0 Å². The molecule has 0 spiro atoms. The molecule has 4 nitrogen and oxygen atoms in total. The van der Waals surface area contributed by atoms with Gasteiger partial charge < -0.3 is 14.8 Å². The van der Waals surface area contributed by atoms with Crippen molar-refractivity contribution in [1.82, 2.24) is 10.3 Å². The van der Waals surface area contributed by atoms with E-state index in [1.807, 2.05) is 26.8 Å². The third-order valence-electron chi connectivity index (χ3n) is 2.89. The molecule has 0 aromatic carbocycles. The fourth-order valence-electron chi connectivity index (χ4n) is 1.70. The molecular weight excluding hydrogens is 276 g/mol. The first-order valence-electron chi connectivity index (χ1n) is 7.08. The molecule has 1 N–H and O–H groups in total. The minimum Gasteiger partial charge on any atom is -0.474 e. The molecule has 0 atom stereocenters. The molecule has 1 aliphatic carbocycles. The second kappa shape index (κ2) is 6.74. The largest absolute Gasteiger partial charge is 0.474 e. The molecule has 20 heavy (non-hydrogen) atoms. The Morgan fingerprint density at radius 1 is 1.35 bits per heavy atom. The van der Waals surface area contributed by atoms with Crippen molar-refractivity contribution in [1.29, 1.82) is 0 Å². The molecule has 1 fully saturated rings. The lowest BCUT2D eigenvalue weighted by Gasteiger charge is -2.19. The summed E-state index contributed by atoms with van der Waals surface area (Å²) in [5, 5.41) is 3.98. The third-order valence-corrected chi connectivity index (χ3v) is 3.16. The molecule has 0 radical (unpaired) electrons. The van der Waals surface area contributed by atoms with E-state index in [4.69, 9.17) is 21.1 Å². The fourth-order valence-corrected chi connectivity index (χ4v) is 1.95. The fraction of sp³-hybridized carbons (Fsp3) is 0.667. The zero-order valence-corrected chi connectivity index (χ0v) is 13.2. The average molecular weight is 299 g/mol. The minimum absolute atomic E-state index is 0.154. The van der Waals surface area contributed by atoms with Crippen LogP contribution >= 0.6 is 11.6 Å². The Balaban J connectivity index is 1.76. The Labute approximate surface area is 125 Å². The first-order valence-corrected chi connectivity index (χ1v) is 7.46. The number of rotatable bonds is 7. The highest BCUT2D eigenvalue weighted by atomic mass is 35.5. The number of aromatic nitrogens is 1. The minimum atomic E-state index is -0.154. The van der Waals surface area contributed by atoms with E-state index in [1.54, 1.807) is 6.20 Å². The van der Waals surface area contributed by atoms with Crippen molar-refractivity contribution in [2.75, 3.05) is 13.2 Å². The van der Waals surface area contributed by atoms with E-state index >= 15 is 0 Å². The first-order chi connectivity index (χ1) is 9.44. The summed E-state index contributed by atoms with van der Waals surface area (Å²) in [5.74, 6) is 0.472. The predicted octanol–water partition coefficient (Wildman–Crippen LogP) is 3.18. The van der Waals surface area contributed by atoms with Gasteiger partial charge in [-0.05, 0) is 45.2 Å². The van der Waals surface area contributed by atoms with Gasteiger partial charge in [-0.15, -0.1) is 0 Å². The van der Waals surface area contributed by atoms with Crippen molar-refractivity contribution < 1.29 is 9.47 Å². The summed E-state index contributed by atoms with van der Waals surface area (Å²) >= 11 is 6.17. The molecule has 2 rings (SSSR count). The Hall–Kier alpha value is -0.840. The second-order valence-corrected chi connectivity index (χ2v) is 6.50. The molecular formula is C15H23ClN2O2. The van der Waals surface area contributed by atoms with Gasteiger partial charge in [-0.1, -0.05) is 11.6 Å². The maximum Gasteiger partial charge on any atom is 0.232 e. The maximum atomic E-state index is 6.17. The lowest BCUT2D eigenvalue weighted by Crippen LogP contribution is -2.22. The number of pyridine rings is 1. The molecule has 0 saturated heterocycles. The van der Waals surface area contributed by atoms with Gasteiger partial charge in [0.15, 0.2) is 0 Å². The van der Waals surface area contributed by atoms with E-state index in [0.717, 1.165) is 12.1 Å². The van der Waals surface area contributed by atoms with Gasteiger partial charge in [0, 0.05) is 18.8 Å². The Morgan fingerprint density at radius 2 is 2.10 bits per heavy atom. The van der Waals surface area contributed by atoms with Crippen molar-refractivity contribution in [3.8, 4) is 5.88 Å². The Bertz CT molecular complexity index is 442. The zero-order valence-electron chi connectivity index (χ0n) is 12.4. The number of hydrogen-bond donors (Lipinski definition) is 1. The van der Waals surface area contributed by atoms with Crippen LogP contribution in [-0.4, -0.2) is 29.8 Å². The molecule has 0 aliphatic heterocycles. The van der Waals surface area contributed by atoms with Crippen LogP contribution in [0.2, 0.25) is 5.02 Å². The summed E-state index contributed by atoms with van der Waals surface area (Å²) in [6, 6.07) is 2.59. The van der Waals surface area contributed by atoms with Crippen molar-refractivity contribution in [2.24, 2.45) is 0 Å². The van der Waals surface area contributed by atoms with Crippen LogP contribution in [0.5, 0.6) is 5.88 Å². The van der Waals surface area contributed by atoms with E-state index < -0.39 is 0 Å². The molecule has 112 valence electrons. The molecule has 1 aromatic heterocycles. The van der Waals surface area contributed by atoms with Crippen molar-refractivity contribution in [3.05, 3.63) is 22.8 Å². The molecule has 1 saturated carbocycles. The van der Waals surface area contributed by atoms with Crippen molar-refractivity contribution in [3.63, 3.8) is 0 Å². The van der Waals surface area contributed by atoms with E-state index in [9.17, 15) is 0 Å². The normalized spacial score (nSPS) is 15.4. The topological polar surface area (TPSA) is 43.4 Å². The van der Waals surface area contributed by atoms with Crippen LogP contribution in [0.15, 0.2) is 12.3 Å². The molecule has 0 amide bonds. The van der Waals surface area contributed by atoms with Gasteiger partial charge in [0.2, 0.25) is 5.88 Å². The van der Waals surface area contributed by atoms with E-state index in [-0.39, 0.29) is 5.60 Å². The molecule has 5 heteroatoms. The van der Waals surface area contributed by atoms with Gasteiger partial charge >= 0.3 is 0 Å². The summed E-state index contributed by atoms with van der Waals surface area (Å²) < 4.78 is 11.1. The highest BCUT2D eigenvalue weighted by molar-refractivity contribution is 6.31. The number of halogens is 1. The van der Waals surface area contributed by atoms with Crippen LogP contribution in [-0.2, 0) is 11.3 Å². The summed E-state index contributed by atoms with van der Waals surface area (Å²) in [7, 11) is 0. The van der Waals surface area contributed by atoms with Crippen LogP contribution in [0.1, 0.15) is 39.2 Å². The Morgan fingerprint density at radius 3 is 2.70 bits per heavy atom. The number of ether oxygens (including phenoxy) is 2. The highest BCUT2D eigenvalue weighted by Crippen LogP contribution is 2.24. The third kappa shape index (κ3) is 5.65. The summed E-state index contributed by atoms with van der Waals surface area (Å²) in [6.07, 6.45) is 4.35. The van der Waals surface area contributed by atoms with Gasteiger partial charge in [0.05, 0.1) is 12.2 Å². The van der Waals surface area contributed by atoms with Gasteiger partial charge in [0.25, 0.3) is 0 Å². The molecule has 1 heterocycles. The van der Waals surface area contributed by atoms with E-state index in [0.29, 0.717) is 30.2 Å². The average Bonchev–Trinajstić information content (AvgIpc) is 3.17. The summed E-state index contributed by atoms with van der Waals surface area (Å²) in [5.41, 5.74) is 0.930. The number of hydrogen-bond acceptors (Lipinski definition) is 4. The summed E-state index contributed by atoms with van der Waals surface area (Å²) in [4.78, 5) is 4.26. The molecule has 0 bridgehead atoms. The van der Waals surface area contributed by atoms with Gasteiger partial charge in [0.1, 0.15) is 11.6 Å². The number of nitrogens with zero attached hydrogens (tertiary/aromatic N) is 1. The molecule has 1 aromatic rings. The quantitative estimate of drug-likeness (QED) is 0.785. The van der Waals surface area contributed by atoms with Crippen LogP contribution in [0.4, 0.5) is 0 Å². The number of nitrogens with one attached hydrogen (secondary N) is 1. The highest BCUT2D eigenvalue weighted by Gasteiger charge is 2.20. The molecule has 0 unspecified atom stereocenters. The summed E-state index contributed by atoms with van der Waals surface area (Å²) in [6.45, 7) is 7.82. The van der Waals surface area contributed by atoms with Crippen LogP contribution < -0.4 is 10.1 Å². The standard InChI is InChI=1S/C15H23ClN2O2/c1-15(2,3)20-7-6-19-14-13(16)8-11(10-18-14)9-17-12-4-5-12/h8,10,12,17H,4-7,9H2,1-3H3. The van der Waals surface area contributed by atoms with Gasteiger partial charge in [-0.3, -0.25) is 0 Å². The van der Waals surface area contributed by atoms with Crippen LogP contribution in [0.3, 0.4) is 0 Å². The second-order valence-electron chi connectivity index (χ2n) is 6.10. The van der Waals surface area contributed by atoms with Gasteiger partial charge in [-0.25, -0.2) is 4.98 Å². The van der Waals surface area contributed by atoms with Gasteiger partial charge in [-0.2, -0.15) is 0 Å². The SMILES string of the molecule is CC(C)(C)OCCOc1ncc(CNC2CC2)cc1Cl. The van der Waals surface area contributed by atoms with Crippen molar-refractivity contribution >= 4 is 11.6 Å². The lowest BCUT2D eigenvalue weighted by atomic mass is 10.2. The van der Waals surface area contributed by atoms with E-state index in [2.05, 4.69) is 10.3 Å². The Kier molecular flexibility index (Phi) is 5.24. The van der Waals surface area contributed by atoms with Crippen molar-refractivity contribution in [2.45, 2.75) is 51.8 Å². The van der Waals surface area contributed by atoms with Crippen LogP contribution in [0.25, 0.3) is 0 Å². The van der Waals surface area contributed by atoms with E-state index in [1.165, 1.54) is 12.8 Å². The monoisotopic (exact) mass is 298 g/mol. The zero-order chi connectivity index (χ0) is 14.6. The maximum absolute atomic E-state index is 6.17.